The average molecular weight is 448 g/mol. The molecule has 0 bridgehead atoms. The molecule has 4 aromatic rings. The molecule has 0 aliphatic rings. The lowest BCUT2D eigenvalue weighted by Crippen LogP contribution is -2.16. The lowest BCUT2D eigenvalue weighted by Gasteiger charge is -2.21. The molecule has 0 atom stereocenters. The van der Waals surface area contributed by atoms with Crippen LogP contribution in [0, 0.1) is 0 Å². The third kappa shape index (κ3) is 5.07. The van der Waals surface area contributed by atoms with Crippen LogP contribution in [0.1, 0.15) is 30.8 Å². The zero-order chi connectivity index (χ0) is 22.9. The van der Waals surface area contributed by atoms with Gasteiger partial charge in [-0.3, -0.25) is 4.72 Å². The van der Waals surface area contributed by atoms with E-state index in [0.29, 0.717) is 11.5 Å². The molecule has 0 aliphatic carbocycles. The maximum atomic E-state index is 11.3. The number of aromatic nitrogens is 2. The number of H-pyrrole nitrogens is 1. The van der Waals surface area contributed by atoms with Crippen molar-refractivity contribution in [2.75, 3.05) is 11.0 Å². The van der Waals surface area contributed by atoms with Crippen LogP contribution in [0.15, 0.2) is 66.7 Å². The van der Waals surface area contributed by atoms with Gasteiger partial charge in [-0.15, -0.1) is 0 Å². The second-order valence-corrected chi connectivity index (χ2v) is 10.0. The summed E-state index contributed by atoms with van der Waals surface area (Å²) in [6, 6.07) is 20.9. The molecule has 4 rings (SSSR count). The molecule has 3 aromatic carbocycles. The molecule has 0 saturated carbocycles. The van der Waals surface area contributed by atoms with Gasteiger partial charge in [0, 0.05) is 5.69 Å². The van der Waals surface area contributed by atoms with E-state index < -0.39 is 15.6 Å². The Bertz CT molecular complexity index is 1400. The van der Waals surface area contributed by atoms with Gasteiger partial charge in [0.05, 0.1) is 22.9 Å². The number of sulfonamides is 1. The van der Waals surface area contributed by atoms with E-state index in [1.54, 1.807) is 26.0 Å². The molecular weight excluding hydrogens is 422 g/mol. The molecule has 1 aromatic heterocycles. The minimum atomic E-state index is -3.29. The second-order valence-electron chi connectivity index (χ2n) is 8.29. The summed E-state index contributed by atoms with van der Waals surface area (Å²) in [7, 11) is -3.29. The van der Waals surface area contributed by atoms with Crippen molar-refractivity contribution < 1.29 is 13.5 Å². The van der Waals surface area contributed by atoms with Crippen molar-refractivity contribution in [2.45, 2.75) is 19.4 Å². The number of aromatic amines is 1. The number of fused-ring (bicyclic) bond motifs is 1. The van der Waals surface area contributed by atoms with E-state index in [-0.39, 0.29) is 0 Å². The first kappa shape index (κ1) is 21.8. The van der Waals surface area contributed by atoms with Crippen LogP contribution >= 0.6 is 0 Å². The normalized spacial score (nSPS) is 12.5. The fraction of sp³-hybridized carbons (Fsp3) is 0.160. The Morgan fingerprint density at radius 2 is 1.72 bits per heavy atom. The summed E-state index contributed by atoms with van der Waals surface area (Å²) in [5.41, 5.74) is 5.10. The molecule has 0 saturated heterocycles. The van der Waals surface area contributed by atoms with Crippen molar-refractivity contribution in [3.8, 4) is 11.1 Å². The topological polar surface area (TPSA) is 95.1 Å². The van der Waals surface area contributed by atoms with Gasteiger partial charge in [0.1, 0.15) is 5.82 Å². The molecule has 6 nitrogen and oxygen atoms in total. The number of rotatable bonds is 6. The molecule has 3 N–H and O–H groups in total. The van der Waals surface area contributed by atoms with Crippen LogP contribution in [0.3, 0.4) is 0 Å². The average Bonchev–Trinajstić information content (AvgIpc) is 3.14. The first-order chi connectivity index (χ1) is 15.1. The summed E-state index contributed by atoms with van der Waals surface area (Å²) in [6.07, 6.45) is 4.91. The highest BCUT2D eigenvalue weighted by molar-refractivity contribution is 7.92. The molecule has 7 heteroatoms. The number of hydrogen-bond acceptors (Lipinski definition) is 4. The maximum Gasteiger partial charge on any atom is 0.229 e. The summed E-state index contributed by atoms with van der Waals surface area (Å²) in [6.45, 7) is 3.57. The minimum absolute atomic E-state index is 0.521. The van der Waals surface area contributed by atoms with E-state index in [9.17, 15) is 13.5 Å². The van der Waals surface area contributed by atoms with E-state index in [4.69, 9.17) is 0 Å². The molecule has 0 spiro atoms. The van der Waals surface area contributed by atoms with Gasteiger partial charge in [-0.05, 0) is 66.4 Å². The standard InChI is InChI=1S/C25H25N3O3S/c1-25(2,29)21-7-5-4-6-20(21)18-11-14-22-23(16-18)27-24(26-22)15-10-17-8-12-19(13-9-17)28-32(3,30)31/h4-16,28-29H,1-3H3,(H,26,27). The fourth-order valence-electron chi connectivity index (χ4n) is 3.60. The van der Waals surface area contributed by atoms with E-state index in [2.05, 4.69) is 14.7 Å². The highest BCUT2D eigenvalue weighted by atomic mass is 32.2. The minimum Gasteiger partial charge on any atom is -0.386 e. The SMILES string of the molecule is CC(C)(O)c1ccccc1-c1ccc2nc(C=Cc3ccc(NS(C)(=O)=O)cc3)[nH]c2c1. The van der Waals surface area contributed by atoms with Gasteiger partial charge < -0.3 is 10.1 Å². The summed E-state index contributed by atoms with van der Waals surface area (Å²) in [5, 5.41) is 10.5. The van der Waals surface area contributed by atoms with Crippen LogP contribution in [0.4, 0.5) is 5.69 Å². The van der Waals surface area contributed by atoms with E-state index in [1.807, 2.05) is 66.7 Å². The molecular formula is C25H25N3O3S. The van der Waals surface area contributed by atoms with Gasteiger partial charge in [0.2, 0.25) is 10.0 Å². The first-order valence-electron chi connectivity index (χ1n) is 10.2. The molecule has 0 amide bonds. The van der Waals surface area contributed by atoms with Crippen molar-refractivity contribution in [1.29, 1.82) is 0 Å². The Labute approximate surface area is 187 Å². The van der Waals surface area contributed by atoms with E-state index in [0.717, 1.165) is 39.5 Å². The van der Waals surface area contributed by atoms with Gasteiger partial charge in [-0.1, -0.05) is 48.5 Å². The predicted octanol–water partition coefficient (Wildman–Crippen LogP) is 5.00. The lowest BCUT2D eigenvalue weighted by molar-refractivity contribution is 0.0792. The zero-order valence-corrected chi connectivity index (χ0v) is 18.9. The summed E-state index contributed by atoms with van der Waals surface area (Å²) in [4.78, 5) is 7.94. The Morgan fingerprint density at radius 1 is 1.00 bits per heavy atom. The van der Waals surface area contributed by atoms with E-state index >= 15 is 0 Å². The fourth-order valence-corrected chi connectivity index (χ4v) is 4.16. The first-order valence-corrected chi connectivity index (χ1v) is 12.1. The Hall–Kier alpha value is -3.42. The van der Waals surface area contributed by atoms with Gasteiger partial charge in [0.25, 0.3) is 0 Å². The summed E-state index contributed by atoms with van der Waals surface area (Å²) < 4.78 is 25.1. The van der Waals surface area contributed by atoms with E-state index in [1.165, 1.54) is 0 Å². The summed E-state index contributed by atoms with van der Waals surface area (Å²) in [5.74, 6) is 0.714. The van der Waals surface area contributed by atoms with Gasteiger partial charge in [-0.25, -0.2) is 13.4 Å². The molecule has 0 radical (unpaired) electrons. The number of benzene rings is 3. The number of imidazole rings is 1. The Kier molecular flexibility index (Phi) is 5.62. The molecule has 0 aliphatic heterocycles. The largest absolute Gasteiger partial charge is 0.386 e. The predicted molar refractivity (Wildman–Crippen MR) is 131 cm³/mol. The smallest absolute Gasteiger partial charge is 0.229 e. The van der Waals surface area contributed by atoms with Crippen molar-refractivity contribution in [3.05, 3.63) is 83.7 Å². The second kappa shape index (κ2) is 8.26. The van der Waals surface area contributed by atoms with Crippen molar-refractivity contribution in [2.24, 2.45) is 0 Å². The number of nitrogens with zero attached hydrogens (tertiary/aromatic N) is 1. The third-order valence-electron chi connectivity index (χ3n) is 5.04. The third-order valence-corrected chi connectivity index (χ3v) is 5.65. The van der Waals surface area contributed by atoms with Crippen LogP contribution in [0.2, 0.25) is 0 Å². The highest BCUT2D eigenvalue weighted by Crippen LogP contribution is 2.32. The Balaban J connectivity index is 1.59. The van der Waals surface area contributed by atoms with Crippen LogP contribution < -0.4 is 4.72 Å². The highest BCUT2D eigenvalue weighted by Gasteiger charge is 2.20. The van der Waals surface area contributed by atoms with Crippen molar-refractivity contribution >= 4 is 38.9 Å². The Morgan fingerprint density at radius 3 is 2.41 bits per heavy atom. The van der Waals surface area contributed by atoms with Gasteiger partial charge in [-0.2, -0.15) is 0 Å². The van der Waals surface area contributed by atoms with Crippen LogP contribution in [0.5, 0.6) is 0 Å². The molecule has 164 valence electrons. The van der Waals surface area contributed by atoms with Crippen molar-refractivity contribution in [1.82, 2.24) is 9.97 Å². The monoisotopic (exact) mass is 447 g/mol. The lowest BCUT2D eigenvalue weighted by atomic mass is 9.89. The number of hydrogen-bond donors (Lipinski definition) is 3. The van der Waals surface area contributed by atoms with Crippen LogP contribution in [-0.4, -0.2) is 29.7 Å². The van der Waals surface area contributed by atoms with Gasteiger partial charge in [0.15, 0.2) is 0 Å². The number of anilines is 1. The molecule has 0 unspecified atom stereocenters. The molecule has 0 fully saturated rings. The number of nitrogens with one attached hydrogen (secondary N) is 2. The van der Waals surface area contributed by atoms with Crippen LogP contribution in [-0.2, 0) is 15.6 Å². The van der Waals surface area contributed by atoms with Crippen LogP contribution in [0.25, 0.3) is 34.3 Å². The van der Waals surface area contributed by atoms with Gasteiger partial charge >= 0.3 is 0 Å². The number of aliphatic hydroxyl groups is 1. The quantitative estimate of drug-likeness (QED) is 0.388. The molecule has 32 heavy (non-hydrogen) atoms. The summed E-state index contributed by atoms with van der Waals surface area (Å²) >= 11 is 0. The molecule has 1 heterocycles. The zero-order valence-electron chi connectivity index (χ0n) is 18.1. The maximum absolute atomic E-state index is 11.3. The van der Waals surface area contributed by atoms with Crippen molar-refractivity contribution in [3.63, 3.8) is 0 Å².